The third-order valence-corrected chi connectivity index (χ3v) is 3.57. The topological polar surface area (TPSA) is 58.6 Å². The average molecular weight is 326 g/mol. The predicted octanol–water partition coefficient (Wildman–Crippen LogP) is 2.99. The van der Waals surface area contributed by atoms with E-state index in [1.807, 2.05) is 49.4 Å². The van der Waals surface area contributed by atoms with Crippen LogP contribution >= 0.6 is 0 Å². The van der Waals surface area contributed by atoms with Crippen molar-refractivity contribution in [1.82, 2.24) is 4.90 Å². The molecule has 0 heterocycles. The van der Waals surface area contributed by atoms with Crippen LogP contribution in [0.4, 0.5) is 5.69 Å². The molecule has 0 saturated heterocycles. The molecule has 0 aliphatic heterocycles. The van der Waals surface area contributed by atoms with Crippen LogP contribution in [-0.4, -0.2) is 30.3 Å². The van der Waals surface area contributed by atoms with Gasteiger partial charge in [-0.3, -0.25) is 9.59 Å². The minimum Gasteiger partial charge on any atom is -0.487 e. The smallest absolute Gasteiger partial charge is 0.244 e. The second-order valence-electron chi connectivity index (χ2n) is 5.70. The molecule has 5 nitrogen and oxygen atoms in total. The van der Waals surface area contributed by atoms with E-state index in [-0.39, 0.29) is 18.4 Å². The molecule has 0 aromatic heterocycles. The van der Waals surface area contributed by atoms with Crippen LogP contribution in [-0.2, 0) is 16.2 Å². The Labute approximate surface area is 142 Å². The van der Waals surface area contributed by atoms with Gasteiger partial charge in [0.15, 0.2) is 0 Å². The summed E-state index contributed by atoms with van der Waals surface area (Å²) in [6.45, 7) is 3.81. The van der Waals surface area contributed by atoms with Gasteiger partial charge in [-0.25, -0.2) is 0 Å². The number of likely N-dealkylation sites (N-methyl/N-ethyl adjacent to an activating group) is 1. The first-order chi connectivity index (χ1) is 11.5. The number of aryl methyl sites for hydroxylation is 1. The summed E-state index contributed by atoms with van der Waals surface area (Å²) in [5, 5.41) is 2.80. The van der Waals surface area contributed by atoms with Crippen molar-refractivity contribution in [2.45, 2.75) is 20.5 Å². The van der Waals surface area contributed by atoms with Crippen LogP contribution in [0.25, 0.3) is 0 Å². The van der Waals surface area contributed by atoms with Crippen molar-refractivity contribution in [3.05, 3.63) is 59.7 Å². The molecule has 24 heavy (non-hydrogen) atoms. The van der Waals surface area contributed by atoms with Gasteiger partial charge in [0.2, 0.25) is 11.8 Å². The number of hydrogen-bond acceptors (Lipinski definition) is 3. The first-order valence-electron chi connectivity index (χ1n) is 7.74. The second kappa shape index (κ2) is 8.15. The quantitative estimate of drug-likeness (QED) is 0.888. The Hall–Kier alpha value is -2.82. The number of hydrogen-bond donors (Lipinski definition) is 1. The molecule has 0 atom stereocenters. The maximum Gasteiger partial charge on any atom is 0.244 e. The second-order valence-corrected chi connectivity index (χ2v) is 5.70. The fourth-order valence-corrected chi connectivity index (χ4v) is 2.10. The van der Waals surface area contributed by atoms with Gasteiger partial charge in [0, 0.05) is 14.0 Å². The number of benzene rings is 2. The lowest BCUT2D eigenvalue weighted by atomic mass is 10.2. The highest BCUT2D eigenvalue weighted by Crippen LogP contribution is 2.26. The van der Waals surface area contributed by atoms with Crippen molar-refractivity contribution < 1.29 is 14.3 Å². The number of nitrogens with one attached hydrogen (secondary N) is 1. The summed E-state index contributed by atoms with van der Waals surface area (Å²) >= 11 is 0. The van der Waals surface area contributed by atoms with Crippen LogP contribution in [0.3, 0.4) is 0 Å². The van der Waals surface area contributed by atoms with Crippen LogP contribution in [0.1, 0.15) is 18.1 Å². The molecule has 2 amide bonds. The zero-order chi connectivity index (χ0) is 17.5. The standard InChI is InChI=1S/C19H22N2O3/c1-14-9-10-17(20-19(23)12-21(3)15(2)22)18(11-14)24-13-16-7-5-4-6-8-16/h4-11H,12-13H2,1-3H3,(H,20,23). The van der Waals surface area contributed by atoms with Gasteiger partial charge in [-0.15, -0.1) is 0 Å². The van der Waals surface area contributed by atoms with E-state index >= 15 is 0 Å². The minimum atomic E-state index is -0.263. The van der Waals surface area contributed by atoms with Gasteiger partial charge in [0.05, 0.1) is 12.2 Å². The van der Waals surface area contributed by atoms with Crippen molar-refractivity contribution in [1.29, 1.82) is 0 Å². The summed E-state index contributed by atoms with van der Waals surface area (Å²) in [6.07, 6.45) is 0. The monoisotopic (exact) mass is 326 g/mol. The summed E-state index contributed by atoms with van der Waals surface area (Å²) < 4.78 is 5.86. The Morgan fingerprint density at radius 1 is 1.12 bits per heavy atom. The van der Waals surface area contributed by atoms with E-state index in [2.05, 4.69) is 5.32 Å². The number of carbonyl (C=O) groups is 2. The van der Waals surface area contributed by atoms with E-state index in [1.54, 1.807) is 13.1 Å². The lowest BCUT2D eigenvalue weighted by Crippen LogP contribution is -2.33. The number of anilines is 1. The lowest BCUT2D eigenvalue weighted by Gasteiger charge is -2.16. The van der Waals surface area contributed by atoms with Crippen molar-refractivity contribution in [2.75, 3.05) is 18.9 Å². The third kappa shape index (κ3) is 5.12. The predicted molar refractivity (Wildman–Crippen MR) is 93.9 cm³/mol. The van der Waals surface area contributed by atoms with Crippen LogP contribution in [0.5, 0.6) is 5.75 Å². The van der Waals surface area contributed by atoms with E-state index in [1.165, 1.54) is 11.8 Å². The number of nitrogens with zero attached hydrogens (tertiary/aromatic N) is 1. The highest BCUT2D eigenvalue weighted by Gasteiger charge is 2.12. The van der Waals surface area contributed by atoms with E-state index in [0.29, 0.717) is 18.0 Å². The van der Waals surface area contributed by atoms with E-state index < -0.39 is 0 Å². The summed E-state index contributed by atoms with van der Waals surface area (Å²) in [5.74, 6) is 0.188. The van der Waals surface area contributed by atoms with Crippen LogP contribution < -0.4 is 10.1 Å². The summed E-state index contributed by atoms with van der Waals surface area (Å²) in [4.78, 5) is 24.7. The molecule has 1 N–H and O–H groups in total. The van der Waals surface area contributed by atoms with Gasteiger partial charge in [-0.2, -0.15) is 0 Å². The largest absolute Gasteiger partial charge is 0.487 e. The summed E-state index contributed by atoms with van der Waals surface area (Å²) in [7, 11) is 1.59. The minimum absolute atomic E-state index is 0.00132. The molecular weight excluding hydrogens is 304 g/mol. The van der Waals surface area contributed by atoms with Crippen molar-refractivity contribution in [3.63, 3.8) is 0 Å². The molecule has 0 radical (unpaired) electrons. The molecule has 0 fully saturated rings. The Morgan fingerprint density at radius 2 is 1.83 bits per heavy atom. The fraction of sp³-hybridized carbons (Fsp3) is 0.263. The molecule has 0 saturated carbocycles. The highest BCUT2D eigenvalue weighted by atomic mass is 16.5. The van der Waals surface area contributed by atoms with Crippen LogP contribution in [0, 0.1) is 6.92 Å². The van der Waals surface area contributed by atoms with Gasteiger partial charge in [0.25, 0.3) is 0 Å². The summed E-state index contributed by atoms with van der Waals surface area (Å²) in [6, 6.07) is 15.4. The SMILES string of the molecule is CC(=O)N(C)CC(=O)Nc1ccc(C)cc1OCc1ccccc1. The van der Waals surface area contributed by atoms with Gasteiger partial charge in [-0.1, -0.05) is 36.4 Å². The molecule has 2 aromatic rings. The fourth-order valence-electron chi connectivity index (χ4n) is 2.10. The zero-order valence-electron chi connectivity index (χ0n) is 14.2. The Balaban J connectivity index is 2.06. The molecule has 2 aromatic carbocycles. The van der Waals surface area contributed by atoms with Gasteiger partial charge in [0.1, 0.15) is 12.4 Å². The number of rotatable bonds is 6. The molecule has 0 spiro atoms. The number of amides is 2. The Bertz CT molecular complexity index is 714. The van der Waals surface area contributed by atoms with Gasteiger partial charge < -0.3 is 15.0 Å². The molecule has 2 rings (SSSR count). The average Bonchev–Trinajstić information content (AvgIpc) is 2.55. The first-order valence-corrected chi connectivity index (χ1v) is 7.74. The zero-order valence-corrected chi connectivity index (χ0v) is 14.2. The van der Waals surface area contributed by atoms with E-state index in [9.17, 15) is 9.59 Å². The molecule has 126 valence electrons. The Kier molecular flexibility index (Phi) is 5.95. The molecular formula is C19H22N2O3. The lowest BCUT2D eigenvalue weighted by molar-refractivity contribution is -0.131. The molecule has 0 aliphatic carbocycles. The molecule has 0 aliphatic rings. The van der Waals surface area contributed by atoms with Crippen molar-refractivity contribution in [2.24, 2.45) is 0 Å². The third-order valence-electron chi connectivity index (χ3n) is 3.57. The first kappa shape index (κ1) is 17.5. The number of carbonyl (C=O) groups excluding carboxylic acids is 2. The summed E-state index contributed by atoms with van der Waals surface area (Å²) in [5.41, 5.74) is 2.68. The highest BCUT2D eigenvalue weighted by molar-refractivity contribution is 5.95. The maximum atomic E-state index is 12.1. The normalized spacial score (nSPS) is 10.1. The van der Waals surface area contributed by atoms with Crippen molar-refractivity contribution >= 4 is 17.5 Å². The van der Waals surface area contributed by atoms with Crippen molar-refractivity contribution in [3.8, 4) is 5.75 Å². The van der Waals surface area contributed by atoms with Gasteiger partial charge >= 0.3 is 0 Å². The Morgan fingerprint density at radius 3 is 2.50 bits per heavy atom. The number of ether oxygens (including phenoxy) is 1. The van der Waals surface area contributed by atoms with E-state index in [4.69, 9.17) is 4.74 Å². The van der Waals surface area contributed by atoms with Gasteiger partial charge in [-0.05, 0) is 30.2 Å². The molecule has 5 heteroatoms. The van der Waals surface area contributed by atoms with E-state index in [0.717, 1.165) is 11.1 Å². The molecule has 0 unspecified atom stereocenters. The van der Waals surface area contributed by atoms with Crippen LogP contribution in [0.2, 0.25) is 0 Å². The van der Waals surface area contributed by atoms with Crippen LogP contribution in [0.15, 0.2) is 48.5 Å². The maximum absolute atomic E-state index is 12.1. The molecule has 0 bridgehead atoms.